The number of unbranched alkanes of at least 4 members (excludes halogenated alkanes) is 2. The normalized spacial score (nSPS) is 25.7. The molecule has 0 unspecified atom stereocenters. The SMILES string of the molecule is CC(C)(C)OC(=O)N[C@@H](CCCCO[Si](C)(C)C(C)(C)C)/C(F)=C/[C@@H](CCCCO[Si](C)(C)C(C)(C)C)C(=O)N1[C@@H]2C[C@H]3CC[C@]2(CS1(=O)=O)C3(C)C. The Hall–Kier alpha value is -1.29. The Morgan fingerprint density at radius 2 is 1.40 bits per heavy atom. The van der Waals surface area contributed by atoms with E-state index in [0.717, 1.165) is 17.1 Å². The number of sulfonamides is 1. The zero-order chi connectivity index (χ0) is 40.6. The van der Waals surface area contributed by atoms with Crippen molar-refractivity contribution in [1.82, 2.24) is 9.62 Å². The average Bonchev–Trinajstić information content (AvgIpc) is 3.45. The van der Waals surface area contributed by atoms with Crippen LogP contribution in [0.3, 0.4) is 0 Å². The van der Waals surface area contributed by atoms with Crippen molar-refractivity contribution in [3.05, 3.63) is 11.9 Å². The summed E-state index contributed by atoms with van der Waals surface area (Å²) in [5, 5.41) is 2.84. The molecule has 5 atom stereocenters. The molecule has 3 rings (SSSR count). The van der Waals surface area contributed by atoms with Crippen molar-refractivity contribution >= 4 is 38.7 Å². The number of halogens is 1. The van der Waals surface area contributed by atoms with E-state index in [9.17, 15) is 18.0 Å². The van der Waals surface area contributed by atoms with Crippen LogP contribution < -0.4 is 5.32 Å². The van der Waals surface area contributed by atoms with Gasteiger partial charge < -0.3 is 18.9 Å². The quantitative estimate of drug-likeness (QED) is 0.122. The minimum Gasteiger partial charge on any atom is -0.444 e. The molecule has 2 aliphatic carbocycles. The van der Waals surface area contributed by atoms with E-state index in [0.29, 0.717) is 51.2 Å². The molecule has 2 bridgehead atoms. The van der Waals surface area contributed by atoms with Gasteiger partial charge in [-0.15, -0.1) is 0 Å². The van der Waals surface area contributed by atoms with E-state index in [1.165, 1.54) is 6.08 Å². The molecule has 3 aliphatic rings. The van der Waals surface area contributed by atoms with Crippen LogP contribution in [0.1, 0.15) is 134 Å². The minimum absolute atomic E-state index is 0.0427. The summed E-state index contributed by atoms with van der Waals surface area (Å²) in [5.74, 6) is -1.93. The summed E-state index contributed by atoms with van der Waals surface area (Å²) in [6.45, 7) is 32.5. The number of hydrogen-bond acceptors (Lipinski definition) is 7. The number of hydrogen-bond donors (Lipinski definition) is 1. The molecule has 0 radical (unpaired) electrons. The molecule has 53 heavy (non-hydrogen) atoms. The number of rotatable bonds is 16. The Bertz CT molecular complexity index is 1450. The zero-order valence-corrected chi connectivity index (χ0v) is 38.8. The van der Waals surface area contributed by atoms with Crippen molar-refractivity contribution in [2.45, 2.75) is 188 Å². The number of alkyl carbamates (subject to hydrolysis) is 1. The van der Waals surface area contributed by atoms with Crippen LogP contribution >= 0.6 is 0 Å². The molecule has 2 amide bonds. The molecule has 1 heterocycles. The van der Waals surface area contributed by atoms with Crippen molar-refractivity contribution in [3.63, 3.8) is 0 Å². The zero-order valence-electron chi connectivity index (χ0n) is 36.0. The number of carbonyl (C=O) groups excluding carboxylic acids is 2. The molecule has 0 aromatic heterocycles. The van der Waals surface area contributed by atoms with Crippen LogP contribution in [-0.4, -0.2) is 78.0 Å². The lowest BCUT2D eigenvalue weighted by Gasteiger charge is -2.37. The van der Waals surface area contributed by atoms with Crippen LogP contribution in [0.2, 0.25) is 36.3 Å². The number of fused-ring (bicyclic) bond motifs is 1. The van der Waals surface area contributed by atoms with Crippen LogP contribution in [0.5, 0.6) is 0 Å². The van der Waals surface area contributed by atoms with Crippen molar-refractivity contribution in [2.75, 3.05) is 19.0 Å². The highest BCUT2D eigenvalue weighted by Gasteiger charge is 2.72. The summed E-state index contributed by atoms with van der Waals surface area (Å²) in [4.78, 5) is 27.5. The fourth-order valence-corrected chi connectivity index (χ4v) is 12.8. The summed E-state index contributed by atoms with van der Waals surface area (Å²) < 4.78 is 63.8. The molecule has 308 valence electrons. The molecule has 0 aromatic carbocycles. The highest BCUT2D eigenvalue weighted by atomic mass is 32.2. The Kier molecular flexibility index (Phi) is 14.2. The van der Waals surface area contributed by atoms with Gasteiger partial charge in [0, 0.05) is 18.6 Å². The first kappa shape index (κ1) is 46.1. The lowest BCUT2D eigenvalue weighted by molar-refractivity contribution is -0.132. The fourth-order valence-electron chi connectivity index (χ4n) is 8.06. The Balaban J connectivity index is 1.88. The number of nitrogens with one attached hydrogen (secondary N) is 1. The van der Waals surface area contributed by atoms with Gasteiger partial charge in [0.05, 0.1) is 23.8 Å². The third-order valence-corrected chi connectivity index (χ3v) is 24.7. The molecule has 1 spiro atoms. The first-order valence-corrected chi connectivity index (χ1v) is 27.5. The molecule has 3 fully saturated rings. The van der Waals surface area contributed by atoms with Crippen molar-refractivity contribution in [3.8, 4) is 0 Å². The first-order valence-electron chi connectivity index (χ1n) is 20.1. The van der Waals surface area contributed by atoms with Crippen molar-refractivity contribution in [1.29, 1.82) is 0 Å². The molecule has 1 N–H and O–H groups in total. The summed E-state index contributed by atoms with van der Waals surface area (Å²) in [5.41, 5.74) is -1.47. The second kappa shape index (κ2) is 16.3. The molecule has 13 heteroatoms. The summed E-state index contributed by atoms with van der Waals surface area (Å²) in [6, 6.07) is -1.45. The van der Waals surface area contributed by atoms with Crippen LogP contribution in [0, 0.1) is 22.7 Å². The third-order valence-electron chi connectivity index (χ3n) is 13.7. The van der Waals surface area contributed by atoms with Gasteiger partial charge in [-0.1, -0.05) is 61.8 Å². The van der Waals surface area contributed by atoms with Gasteiger partial charge in [0.2, 0.25) is 15.9 Å². The van der Waals surface area contributed by atoms with Gasteiger partial charge in [0.25, 0.3) is 0 Å². The van der Waals surface area contributed by atoms with Gasteiger partial charge in [-0.05, 0) is 126 Å². The molecular weight excluding hydrogens is 728 g/mol. The molecule has 1 aliphatic heterocycles. The largest absolute Gasteiger partial charge is 0.444 e. The van der Waals surface area contributed by atoms with Crippen LogP contribution in [0.15, 0.2) is 11.9 Å². The smallest absolute Gasteiger partial charge is 0.408 e. The minimum atomic E-state index is -3.90. The molecular formula is C40H75FN2O7SSi2. The van der Waals surface area contributed by atoms with E-state index in [-0.39, 0.29) is 34.1 Å². The van der Waals surface area contributed by atoms with Gasteiger partial charge in [0.15, 0.2) is 16.6 Å². The predicted octanol–water partition coefficient (Wildman–Crippen LogP) is 10.1. The second-order valence-electron chi connectivity index (χ2n) is 20.8. The lowest BCUT2D eigenvalue weighted by Crippen LogP contribution is -2.46. The predicted molar refractivity (Wildman–Crippen MR) is 218 cm³/mol. The first-order chi connectivity index (χ1) is 23.9. The molecule has 0 aromatic rings. The van der Waals surface area contributed by atoms with E-state index in [1.54, 1.807) is 20.8 Å². The second-order valence-corrected chi connectivity index (χ2v) is 32.3. The summed E-state index contributed by atoms with van der Waals surface area (Å²) >= 11 is 0. The number of amides is 2. The van der Waals surface area contributed by atoms with Crippen molar-refractivity contribution in [2.24, 2.45) is 22.7 Å². The number of carbonyl (C=O) groups is 2. The Morgan fingerprint density at radius 1 is 0.887 bits per heavy atom. The Morgan fingerprint density at radius 3 is 1.87 bits per heavy atom. The van der Waals surface area contributed by atoms with E-state index in [4.69, 9.17) is 13.6 Å². The molecule has 2 saturated carbocycles. The Labute approximate surface area is 324 Å². The maximum absolute atomic E-state index is 16.6. The third kappa shape index (κ3) is 10.6. The standard InChI is InChI=1S/C40H75FN2O7SSi2/c1-36(2,3)50-35(45)42-32(21-17-19-25-49-53(14,15)38(7,8)9)31(41)26-29(20-16-18-24-48-52(12,13)37(4,5)6)34(44)43-33-27-30-22-23-40(33,39(30,10)11)28-51(43,46)47/h26,29-30,32-33H,16-25,27-28H2,1-15H3,(H,42,45)/b31-26-/t29-,30-,32+,33-,40-/m1/s1. The maximum Gasteiger partial charge on any atom is 0.408 e. The highest BCUT2D eigenvalue weighted by Crippen LogP contribution is 2.70. The van der Waals surface area contributed by atoms with Gasteiger partial charge in [-0.25, -0.2) is 21.9 Å². The summed E-state index contributed by atoms with van der Waals surface area (Å²) in [6.07, 6.45) is 5.93. The lowest BCUT2D eigenvalue weighted by atomic mass is 9.69. The average molecular weight is 803 g/mol. The maximum atomic E-state index is 16.6. The monoisotopic (exact) mass is 802 g/mol. The van der Waals surface area contributed by atoms with E-state index >= 15 is 4.39 Å². The van der Waals surface area contributed by atoms with Crippen LogP contribution in [0.4, 0.5) is 9.18 Å². The van der Waals surface area contributed by atoms with E-state index in [2.05, 4.69) is 86.9 Å². The van der Waals surface area contributed by atoms with E-state index in [1.807, 2.05) is 0 Å². The number of nitrogens with zero attached hydrogens (tertiary/aromatic N) is 1. The van der Waals surface area contributed by atoms with Gasteiger partial charge >= 0.3 is 6.09 Å². The molecule has 9 nitrogen and oxygen atoms in total. The van der Waals surface area contributed by atoms with Gasteiger partial charge in [-0.3, -0.25) is 4.79 Å². The van der Waals surface area contributed by atoms with E-state index < -0.39 is 73.5 Å². The molecule has 1 saturated heterocycles. The van der Waals surface area contributed by atoms with Crippen molar-refractivity contribution < 1.29 is 36.0 Å². The number of ether oxygens (including phenoxy) is 1. The van der Waals surface area contributed by atoms with Gasteiger partial charge in [0.1, 0.15) is 11.4 Å². The summed E-state index contributed by atoms with van der Waals surface area (Å²) in [7, 11) is -7.83. The highest BCUT2D eigenvalue weighted by molar-refractivity contribution is 7.90. The van der Waals surface area contributed by atoms with Crippen LogP contribution in [-0.2, 0) is 28.4 Å². The van der Waals surface area contributed by atoms with Gasteiger partial charge in [-0.2, -0.15) is 0 Å². The topological polar surface area (TPSA) is 111 Å². The van der Waals surface area contributed by atoms with Crippen LogP contribution in [0.25, 0.3) is 0 Å². The fraction of sp³-hybridized carbons (Fsp3) is 0.900.